The Hall–Kier alpha value is -2.97. The average Bonchev–Trinajstić information content (AvgIpc) is 2.90. The van der Waals surface area contributed by atoms with Crippen LogP contribution in [0.1, 0.15) is 29.5 Å². The van der Waals surface area contributed by atoms with E-state index in [0.717, 1.165) is 0 Å². The van der Waals surface area contributed by atoms with Crippen LogP contribution >= 0.6 is 0 Å². The molecule has 1 aromatic carbocycles. The molecule has 0 saturated heterocycles. The molecule has 0 unspecified atom stereocenters. The predicted octanol–water partition coefficient (Wildman–Crippen LogP) is 1.83. The molecule has 22 heavy (non-hydrogen) atoms. The van der Waals surface area contributed by atoms with E-state index < -0.39 is 10.9 Å². The Morgan fingerprint density at radius 3 is 2.77 bits per heavy atom. The van der Waals surface area contributed by atoms with Crippen molar-refractivity contribution in [3.63, 3.8) is 0 Å². The highest BCUT2D eigenvalue weighted by atomic mass is 16.6. The van der Waals surface area contributed by atoms with Crippen molar-refractivity contribution in [3.8, 4) is 11.4 Å². The number of benzene rings is 1. The maximum absolute atomic E-state index is 11.2. The van der Waals surface area contributed by atoms with E-state index >= 15 is 0 Å². The lowest BCUT2D eigenvalue weighted by Gasteiger charge is -2.10. The second kappa shape index (κ2) is 6.20. The first-order valence-corrected chi connectivity index (χ1v) is 6.50. The van der Waals surface area contributed by atoms with Crippen molar-refractivity contribution in [1.82, 2.24) is 15.0 Å². The summed E-state index contributed by atoms with van der Waals surface area (Å²) >= 11 is 0. The summed E-state index contributed by atoms with van der Waals surface area (Å²) in [7, 11) is 1.42. The second-order valence-corrected chi connectivity index (χ2v) is 4.46. The van der Waals surface area contributed by atoms with Gasteiger partial charge in [0.25, 0.3) is 5.69 Å². The molecular formula is C13H14N4O5. The molecule has 0 aliphatic rings. The third-order valence-corrected chi connectivity index (χ3v) is 3.05. The minimum atomic E-state index is -1.20. The molecule has 0 aliphatic carbocycles. The topological polar surface area (TPSA) is 120 Å². The van der Waals surface area contributed by atoms with Gasteiger partial charge >= 0.3 is 5.97 Å². The monoisotopic (exact) mass is 306 g/mol. The molecule has 0 atom stereocenters. The van der Waals surface area contributed by atoms with Crippen molar-refractivity contribution in [2.24, 2.45) is 0 Å². The zero-order valence-electron chi connectivity index (χ0n) is 12.0. The third-order valence-electron chi connectivity index (χ3n) is 3.05. The number of methoxy groups -OCH3 is 1. The van der Waals surface area contributed by atoms with E-state index in [1.807, 2.05) is 6.92 Å². The van der Waals surface area contributed by atoms with E-state index in [1.54, 1.807) is 0 Å². The van der Waals surface area contributed by atoms with Gasteiger partial charge in [-0.05, 0) is 12.5 Å². The van der Waals surface area contributed by atoms with E-state index in [2.05, 4.69) is 10.3 Å². The molecule has 116 valence electrons. The van der Waals surface area contributed by atoms with Crippen LogP contribution in [-0.4, -0.2) is 38.1 Å². The highest BCUT2D eigenvalue weighted by molar-refractivity contribution is 5.86. The van der Waals surface area contributed by atoms with Crippen molar-refractivity contribution < 1.29 is 19.6 Å². The first kappa shape index (κ1) is 15.4. The largest absolute Gasteiger partial charge is 0.494 e. The van der Waals surface area contributed by atoms with Crippen molar-refractivity contribution >= 4 is 11.7 Å². The zero-order valence-corrected chi connectivity index (χ0v) is 12.0. The van der Waals surface area contributed by atoms with E-state index in [4.69, 9.17) is 9.84 Å². The summed E-state index contributed by atoms with van der Waals surface area (Å²) < 4.78 is 6.46. The Morgan fingerprint density at radius 1 is 1.50 bits per heavy atom. The quantitative estimate of drug-likeness (QED) is 0.638. The maximum Gasteiger partial charge on any atom is 0.358 e. The Labute approximate surface area is 125 Å². The van der Waals surface area contributed by atoms with Crippen LogP contribution in [0.3, 0.4) is 0 Å². The first-order chi connectivity index (χ1) is 10.5. The van der Waals surface area contributed by atoms with E-state index in [9.17, 15) is 14.9 Å². The van der Waals surface area contributed by atoms with E-state index in [0.29, 0.717) is 24.3 Å². The fourth-order valence-electron chi connectivity index (χ4n) is 2.08. The lowest BCUT2D eigenvalue weighted by Crippen LogP contribution is -2.08. The number of carboxylic acids is 1. The molecule has 9 nitrogen and oxygen atoms in total. The van der Waals surface area contributed by atoms with Crippen LogP contribution < -0.4 is 4.74 Å². The summed E-state index contributed by atoms with van der Waals surface area (Å²) in [6, 6.07) is 4.01. The van der Waals surface area contributed by atoms with Gasteiger partial charge < -0.3 is 9.84 Å². The van der Waals surface area contributed by atoms with Gasteiger partial charge in [0.05, 0.1) is 17.7 Å². The fourth-order valence-corrected chi connectivity index (χ4v) is 2.08. The average molecular weight is 306 g/mol. The summed E-state index contributed by atoms with van der Waals surface area (Å²) in [4.78, 5) is 21.6. The number of aromatic carboxylic acids is 1. The van der Waals surface area contributed by atoms with Crippen LogP contribution in [0.15, 0.2) is 18.2 Å². The van der Waals surface area contributed by atoms with E-state index in [-0.39, 0.29) is 17.1 Å². The summed E-state index contributed by atoms with van der Waals surface area (Å²) in [6.45, 7) is 1.88. The number of hydrogen-bond acceptors (Lipinski definition) is 6. The molecule has 2 rings (SSSR count). The van der Waals surface area contributed by atoms with Crippen molar-refractivity contribution in [2.45, 2.75) is 19.8 Å². The van der Waals surface area contributed by atoms with Crippen LogP contribution in [0.2, 0.25) is 0 Å². The highest BCUT2D eigenvalue weighted by Crippen LogP contribution is 2.28. The number of hydrogen-bond donors (Lipinski definition) is 1. The van der Waals surface area contributed by atoms with Gasteiger partial charge in [0.15, 0.2) is 5.69 Å². The number of nitrogens with zero attached hydrogens (tertiary/aromatic N) is 4. The van der Waals surface area contributed by atoms with Crippen LogP contribution in [-0.2, 0) is 6.42 Å². The minimum Gasteiger partial charge on any atom is -0.494 e. The summed E-state index contributed by atoms with van der Waals surface area (Å²) in [5.41, 5.74) is 0.329. The van der Waals surface area contributed by atoms with Gasteiger partial charge in [-0.3, -0.25) is 10.1 Å². The number of nitro groups is 1. The molecule has 2 aromatic rings. The molecule has 0 bridgehead atoms. The number of non-ortho nitro benzene ring substituents is 1. The van der Waals surface area contributed by atoms with Gasteiger partial charge in [-0.1, -0.05) is 18.6 Å². The number of rotatable bonds is 6. The molecule has 0 amide bonds. The summed E-state index contributed by atoms with van der Waals surface area (Å²) in [6.07, 6.45) is 1.09. The van der Waals surface area contributed by atoms with Gasteiger partial charge in [-0.25, -0.2) is 9.48 Å². The smallest absolute Gasteiger partial charge is 0.358 e. The first-order valence-electron chi connectivity index (χ1n) is 6.50. The molecule has 1 N–H and O–H groups in total. The summed E-state index contributed by atoms with van der Waals surface area (Å²) in [5.74, 6) is -0.858. The van der Waals surface area contributed by atoms with Gasteiger partial charge in [0.1, 0.15) is 11.4 Å². The number of carboxylic acid groups (broad SMARTS) is 1. The Morgan fingerprint density at radius 2 is 2.23 bits per heavy atom. The predicted molar refractivity (Wildman–Crippen MR) is 75.5 cm³/mol. The normalized spacial score (nSPS) is 10.5. The van der Waals surface area contributed by atoms with E-state index in [1.165, 1.54) is 30.0 Å². The molecule has 0 spiro atoms. The molecule has 0 saturated carbocycles. The van der Waals surface area contributed by atoms with Crippen LogP contribution in [0, 0.1) is 10.1 Å². The van der Waals surface area contributed by atoms with Gasteiger partial charge in [0.2, 0.25) is 0 Å². The highest BCUT2D eigenvalue weighted by Gasteiger charge is 2.22. The van der Waals surface area contributed by atoms with Crippen LogP contribution in [0.25, 0.3) is 5.69 Å². The van der Waals surface area contributed by atoms with Crippen LogP contribution in [0.4, 0.5) is 5.69 Å². The maximum atomic E-state index is 11.2. The number of ether oxygens (including phenoxy) is 1. The van der Waals surface area contributed by atoms with Crippen molar-refractivity contribution in [1.29, 1.82) is 0 Å². The lowest BCUT2D eigenvalue weighted by atomic mass is 10.2. The van der Waals surface area contributed by atoms with Gasteiger partial charge in [-0.2, -0.15) is 0 Å². The summed E-state index contributed by atoms with van der Waals surface area (Å²) in [5, 5.41) is 27.6. The van der Waals surface area contributed by atoms with Gasteiger partial charge in [-0.15, -0.1) is 5.10 Å². The Balaban J connectivity index is 2.67. The zero-order chi connectivity index (χ0) is 16.3. The second-order valence-electron chi connectivity index (χ2n) is 4.46. The third kappa shape index (κ3) is 2.73. The van der Waals surface area contributed by atoms with Crippen molar-refractivity contribution in [2.75, 3.05) is 7.11 Å². The SMILES string of the molecule is CCCc1c(C(=O)O)nnn1-c1cc([N+](=O)[O-])ccc1OC. The molecule has 1 heterocycles. The molecule has 0 fully saturated rings. The lowest BCUT2D eigenvalue weighted by molar-refractivity contribution is -0.384. The Bertz CT molecular complexity index is 725. The molecule has 0 radical (unpaired) electrons. The number of aromatic nitrogens is 3. The number of carbonyl (C=O) groups is 1. The Kier molecular flexibility index (Phi) is 4.35. The molecule has 0 aliphatic heterocycles. The number of nitro benzene ring substituents is 1. The minimum absolute atomic E-state index is 0.148. The molecule has 9 heteroatoms. The van der Waals surface area contributed by atoms with Gasteiger partial charge in [0, 0.05) is 12.1 Å². The standard InChI is InChI=1S/C13H14N4O5/c1-3-4-9-12(13(18)19)14-15-16(9)10-7-8(17(20)21)5-6-11(10)22-2/h5-7H,3-4H2,1-2H3,(H,18,19). The fraction of sp³-hybridized carbons (Fsp3) is 0.308. The van der Waals surface area contributed by atoms with Crippen LogP contribution in [0.5, 0.6) is 5.75 Å². The van der Waals surface area contributed by atoms with Crippen molar-refractivity contribution in [3.05, 3.63) is 39.7 Å². The molecule has 1 aromatic heterocycles. The molecular weight excluding hydrogens is 292 g/mol.